The Kier molecular flexibility index (Phi) is 3.85. The maximum Gasteiger partial charge on any atom is 0.333 e. The summed E-state index contributed by atoms with van der Waals surface area (Å²) in [4.78, 5) is 12.2. The van der Waals surface area contributed by atoms with E-state index >= 15 is 0 Å². The molecule has 5 fully saturated rings. The van der Waals surface area contributed by atoms with Crippen molar-refractivity contribution in [2.24, 2.45) is 17.3 Å². The average molecular weight is 334 g/mol. The number of rotatable bonds is 6. The molecule has 4 aliphatic carbocycles. The highest BCUT2D eigenvalue weighted by atomic mass is 16.6. The van der Waals surface area contributed by atoms with Crippen molar-refractivity contribution in [1.82, 2.24) is 0 Å². The van der Waals surface area contributed by atoms with E-state index in [9.17, 15) is 4.79 Å². The second-order valence-electron chi connectivity index (χ2n) is 9.13. The lowest BCUT2D eigenvalue weighted by Gasteiger charge is -2.61. The van der Waals surface area contributed by atoms with E-state index in [1.165, 1.54) is 6.42 Å². The number of carbonyl (C=O) groups excluding carboxylic acids is 1. The molecule has 134 valence electrons. The van der Waals surface area contributed by atoms with Crippen LogP contribution in [-0.4, -0.2) is 37.0 Å². The van der Waals surface area contributed by atoms with Crippen molar-refractivity contribution in [1.29, 1.82) is 0 Å². The zero-order valence-corrected chi connectivity index (χ0v) is 15.1. The third kappa shape index (κ3) is 2.72. The lowest BCUT2D eigenvalue weighted by molar-refractivity contribution is -0.253. The SMILES string of the molecule is C=C(C)C(=O)OC12CC3CC(CC(OCC4(CC)COC4)(C3)C1)C2. The van der Waals surface area contributed by atoms with E-state index < -0.39 is 0 Å². The second kappa shape index (κ2) is 5.57. The van der Waals surface area contributed by atoms with Crippen LogP contribution in [0.5, 0.6) is 0 Å². The highest BCUT2D eigenvalue weighted by Gasteiger charge is 2.60. The molecule has 4 bridgehead atoms. The van der Waals surface area contributed by atoms with Gasteiger partial charge in [-0.2, -0.15) is 0 Å². The highest BCUT2D eigenvalue weighted by molar-refractivity contribution is 5.87. The summed E-state index contributed by atoms with van der Waals surface area (Å²) in [6.45, 7) is 10.1. The molecule has 0 N–H and O–H groups in total. The van der Waals surface area contributed by atoms with Gasteiger partial charge in [0.25, 0.3) is 0 Å². The van der Waals surface area contributed by atoms with Gasteiger partial charge in [0.1, 0.15) is 5.60 Å². The van der Waals surface area contributed by atoms with Crippen LogP contribution in [0.1, 0.15) is 58.8 Å². The van der Waals surface area contributed by atoms with Gasteiger partial charge >= 0.3 is 5.97 Å². The van der Waals surface area contributed by atoms with Gasteiger partial charge in [-0.1, -0.05) is 13.5 Å². The highest BCUT2D eigenvalue weighted by Crippen LogP contribution is 2.60. The standard InChI is InChI=1S/C20H30O4/c1-4-18(11-22-12-18)13-23-19-6-15-5-16(7-19)9-20(8-15,10-19)24-17(21)14(2)3/h15-16H,2,4-13H2,1,3H3. The summed E-state index contributed by atoms with van der Waals surface area (Å²) in [5.41, 5.74) is 0.315. The van der Waals surface area contributed by atoms with Crippen molar-refractivity contribution >= 4 is 5.97 Å². The van der Waals surface area contributed by atoms with Crippen molar-refractivity contribution in [3.8, 4) is 0 Å². The monoisotopic (exact) mass is 334 g/mol. The van der Waals surface area contributed by atoms with Crippen LogP contribution in [0.4, 0.5) is 0 Å². The van der Waals surface area contributed by atoms with Crippen LogP contribution in [0, 0.1) is 17.3 Å². The summed E-state index contributed by atoms with van der Waals surface area (Å²) in [5, 5.41) is 0. The van der Waals surface area contributed by atoms with Crippen molar-refractivity contribution in [2.45, 2.75) is 70.0 Å². The Morgan fingerprint density at radius 3 is 2.29 bits per heavy atom. The molecule has 1 aliphatic heterocycles. The van der Waals surface area contributed by atoms with Crippen molar-refractivity contribution in [2.75, 3.05) is 19.8 Å². The Labute approximate surface area is 144 Å². The molecule has 1 heterocycles. The first-order valence-corrected chi connectivity index (χ1v) is 9.48. The van der Waals surface area contributed by atoms with E-state index in [1.54, 1.807) is 6.92 Å². The smallest absolute Gasteiger partial charge is 0.333 e. The molecule has 0 aromatic heterocycles. The van der Waals surface area contributed by atoms with E-state index in [-0.39, 0.29) is 22.6 Å². The number of esters is 1. The van der Waals surface area contributed by atoms with Gasteiger partial charge in [0, 0.05) is 17.4 Å². The fourth-order valence-electron chi connectivity index (χ4n) is 5.75. The van der Waals surface area contributed by atoms with Crippen LogP contribution >= 0.6 is 0 Å². The van der Waals surface area contributed by atoms with E-state index in [4.69, 9.17) is 14.2 Å². The number of hydrogen-bond acceptors (Lipinski definition) is 4. The molecule has 0 aromatic carbocycles. The first-order chi connectivity index (χ1) is 11.4. The van der Waals surface area contributed by atoms with E-state index in [0.29, 0.717) is 17.4 Å². The molecule has 5 rings (SSSR count). The largest absolute Gasteiger partial charge is 0.456 e. The summed E-state index contributed by atoms with van der Waals surface area (Å²) in [6, 6.07) is 0. The van der Waals surface area contributed by atoms with Crippen molar-refractivity contribution in [3.05, 3.63) is 12.2 Å². The molecule has 4 heteroatoms. The minimum Gasteiger partial charge on any atom is -0.456 e. The molecule has 4 nitrogen and oxygen atoms in total. The van der Waals surface area contributed by atoms with Crippen molar-refractivity contribution < 1.29 is 19.0 Å². The summed E-state index contributed by atoms with van der Waals surface area (Å²) in [5.74, 6) is 1.04. The van der Waals surface area contributed by atoms with Crippen LogP contribution in [-0.2, 0) is 19.0 Å². The number of carbonyl (C=O) groups is 1. The third-order valence-corrected chi connectivity index (χ3v) is 6.86. The summed E-state index contributed by atoms with van der Waals surface area (Å²) >= 11 is 0. The van der Waals surface area contributed by atoms with Gasteiger partial charge < -0.3 is 14.2 Å². The molecular weight excluding hydrogens is 304 g/mol. The van der Waals surface area contributed by atoms with E-state index in [0.717, 1.165) is 58.3 Å². The van der Waals surface area contributed by atoms with Gasteiger partial charge in [0.2, 0.25) is 0 Å². The number of hydrogen-bond donors (Lipinski definition) is 0. The fourth-order valence-corrected chi connectivity index (χ4v) is 5.75. The van der Waals surface area contributed by atoms with Crippen LogP contribution in [0.3, 0.4) is 0 Å². The molecule has 24 heavy (non-hydrogen) atoms. The molecule has 5 aliphatic rings. The first-order valence-electron chi connectivity index (χ1n) is 9.48. The zero-order chi connectivity index (χ0) is 17.0. The van der Waals surface area contributed by atoms with Gasteiger partial charge in [-0.15, -0.1) is 0 Å². The molecule has 2 unspecified atom stereocenters. The Morgan fingerprint density at radius 2 is 1.79 bits per heavy atom. The summed E-state index contributed by atoms with van der Waals surface area (Å²) in [6.07, 6.45) is 7.54. The van der Waals surface area contributed by atoms with Crippen LogP contribution < -0.4 is 0 Å². The van der Waals surface area contributed by atoms with Crippen LogP contribution in [0.25, 0.3) is 0 Å². The Bertz CT molecular complexity index is 528. The molecule has 0 amide bonds. The first kappa shape index (κ1) is 16.6. The third-order valence-electron chi connectivity index (χ3n) is 6.86. The average Bonchev–Trinajstić information content (AvgIpc) is 2.44. The second-order valence-corrected chi connectivity index (χ2v) is 9.13. The lowest BCUT2D eigenvalue weighted by Crippen LogP contribution is -2.62. The minimum atomic E-state index is -0.310. The van der Waals surface area contributed by atoms with E-state index in [1.807, 2.05) is 0 Å². The predicted octanol–water partition coefficient (Wildman–Crippen LogP) is 3.64. The van der Waals surface area contributed by atoms with Gasteiger partial charge in [-0.3, -0.25) is 0 Å². The Balaban J connectivity index is 1.50. The van der Waals surface area contributed by atoms with Crippen LogP contribution in [0.15, 0.2) is 12.2 Å². The fraction of sp³-hybridized carbons (Fsp3) is 0.850. The van der Waals surface area contributed by atoms with Crippen molar-refractivity contribution in [3.63, 3.8) is 0 Å². The van der Waals surface area contributed by atoms with Gasteiger partial charge in [0.05, 0.1) is 25.4 Å². The summed E-state index contributed by atoms with van der Waals surface area (Å²) < 4.78 is 18.0. The molecular formula is C20H30O4. The van der Waals surface area contributed by atoms with Gasteiger partial charge in [0.15, 0.2) is 0 Å². The molecule has 0 spiro atoms. The molecule has 4 saturated carbocycles. The molecule has 0 radical (unpaired) electrons. The molecule has 0 aromatic rings. The maximum absolute atomic E-state index is 12.2. The zero-order valence-electron chi connectivity index (χ0n) is 15.1. The maximum atomic E-state index is 12.2. The molecule has 2 atom stereocenters. The minimum absolute atomic E-state index is 0.0861. The van der Waals surface area contributed by atoms with E-state index in [2.05, 4.69) is 13.5 Å². The Morgan fingerprint density at radius 1 is 1.17 bits per heavy atom. The van der Waals surface area contributed by atoms with Gasteiger partial charge in [-0.05, 0) is 57.3 Å². The number of ether oxygens (including phenoxy) is 3. The summed E-state index contributed by atoms with van der Waals surface area (Å²) in [7, 11) is 0. The van der Waals surface area contributed by atoms with Gasteiger partial charge in [-0.25, -0.2) is 4.79 Å². The normalized spacial score (nSPS) is 41.8. The quantitative estimate of drug-likeness (QED) is 0.549. The van der Waals surface area contributed by atoms with Crippen LogP contribution in [0.2, 0.25) is 0 Å². The topological polar surface area (TPSA) is 44.8 Å². The molecule has 1 saturated heterocycles. The Hall–Kier alpha value is -0.870. The predicted molar refractivity (Wildman–Crippen MR) is 90.5 cm³/mol. The lowest BCUT2D eigenvalue weighted by atomic mass is 9.52.